The molecule has 0 aliphatic rings. The number of hydrogen-bond acceptors (Lipinski definition) is 6. The number of hydrogen-bond donors (Lipinski definition) is 2. The Kier molecular flexibility index (Phi) is 4.31. The predicted octanol–water partition coefficient (Wildman–Crippen LogP) is 1.04. The van der Waals surface area contributed by atoms with Crippen molar-refractivity contribution in [3.63, 3.8) is 0 Å². The summed E-state index contributed by atoms with van der Waals surface area (Å²) in [6.07, 6.45) is 0.715. The lowest BCUT2D eigenvalue weighted by molar-refractivity contribution is -0.149. The summed E-state index contributed by atoms with van der Waals surface area (Å²) in [6.45, 7) is 0. The SMILES string of the molecule is COC(=O)C(=O)C=C(O)c1ccc(OC)c(O)c1. The third kappa shape index (κ3) is 3.00. The molecule has 0 atom stereocenters. The molecule has 6 nitrogen and oxygen atoms in total. The van der Waals surface area contributed by atoms with Crippen LogP contribution in [-0.2, 0) is 14.3 Å². The zero-order valence-corrected chi connectivity index (χ0v) is 9.84. The number of aromatic hydroxyl groups is 1. The second-order valence-electron chi connectivity index (χ2n) is 3.27. The third-order valence-corrected chi connectivity index (χ3v) is 2.13. The van der Waals surface area contributed by atoms with Crippen molar-refractivity contribution in [1.82, 2.24) is 0 Å². The van der Waals surface area contributed by atoms with E-state index < -0.39 is 17.5 Å². The first-order chi connectivity index (χ1) is 8.49. The Balaban J connectivity index is 3.00. The van der Waals surface area contributed by atoms with E-state index in [0.717, 1.165) is 7.11 Å². The number of rotatable bonds is 4. The Labute approximate surface area is 103 Å². The largest absolute Gasteiger partial charge is 0.507 e. The zero-order chi connectivity index (χ0) is 13.7. The van der Waals surface area contributed by atoms with E-state index in [1.54, 1.807) is 0 Å². The minimum absolute atomic E-state index is 0.172. The van der Waals surface area contributed by atoms with Crippen LogP contribution in [0.2, 0.25) is 0 Å². The number of ketones is 1. The van der Waals surface area contributed by atoms with Gasteiger partial charge in [0.2, 0.25) is 0 Å². The molecule has 0 radical (unpaired) electrons. The molecule has 2 N–H and O–H groups in total. The van der Waals surface area contributed by atoms with Crippen LogP contribution in [-0.4, -0.2) is 36.2 Å². The average molecular weight is 252 g/mol. The molecule has 1 rings (SSSR count). The number of aliphatic hydroxyl groups is 1. The van der Waals surface area contributed by atoms with Gasteiger partial charge < -0.3 is 19.7 Å². The van der Waals surface area contributed by atoms with Crippen molar-refractivity contribution in [2.45, 2.75) is 0 Å². The monoisotopic (exact) mass is 252 g/mol. The average Bonchev–Trinajstić information content (AvgIpc) is 2.37. The van der Waals surface area contributed by atoms with Gasteiger partial charge in [-0.3, -0.25) is 4.79 Å². The Morgan fingerprint density at radius 2 is 1.94 bits per heavy atom. The maximum Gasteiger partial charge on any atom is 0.378 e. The fourth-order valence-corrected chi connectivity index (χ4v) is 1.22. The standard InChI is InChI=1S/C12H12O6/c1-17-11-4-3-7(5-9(11)14)8(13)6-10(15)12(16)18-2/h3-6,13-14H,1-2H3. The maximum absolute atomic E-state index is 11.2. The second kappa shape index (κ2) is 5.72. The summed E-state index contributed by atoms with van der Waals surface area (Å²) in [7, 11) is 2.44. The van der Waals surface area contributed by atoms with Crippen molar-refractivity contribution in [2.24, 2.45) is 0 Å². The number of esters is 1. The molecule has 0 aliphatic heterocycles. The van der Waals surface area contributed by atoms with Gasteiger partial charge in [-0.2, -0.15) is 0 Å². The van der Waals surface area contributed by atoms with Crippen LogP contribution in [0.15, 0.2) is 24.3 Å². The van der Waals surface area contributed by atoms with Gasteiger partial charge in [-0.15, -0.1) is 0 Å². The number of carbonyl (C=O) groups is 2. The van der Waals surface area contributed by atoms with E-state index in [2.05, 4.69) is 4.74 Å². The first-order valence-electron chi connectivity index (χ1n) is 4.90. The first-order valence-corrected chi connectivity index (χ1v) is 4.90. The van der Waals surface area contributed by atoms with Crippen LogP contribution in [0, 0.1) is 0 Å². The normalized spacial score (nSPS) is 10.9. The summed E-state index contributed by atoms with van der Waals surface area (Å²) in [5.74, 6) is -2.50. The fourth-order valence-electron chi connectivity index (χ4n) is 1.22. The third-order valence-electron chi connectivity index (χ3n) is 2.13. The first kappa shape index (κ1) is 13.6. The fraction of sp³-hybridized carbons (Fsp3) is 0.167. The molecule has 0 amide bonds. The number of phenolic OH excluding ortho intramolecular Hbond substituents is 1. The number of phenols is 1. The van der Waals surface area contributed by atoms with Crippen molar-refractivity contribution in [3.8, 4) is 11.5 Å². The summed E-state index contributed by atoms with van der Waals surface area (Å²) < 4.78 is 9.02. The van der Waals surface area contributed by atoms with Crippen molar-refractivity contribution < 1.29 is 29.3 Å². The lowest BCUT2D eigenvalue weighted by Gasteiger charge is -2.05. The maximum atomic E-state index is 11.2. The van der Waals surface area contributed by atoms with Gasteiger partial charge in [-0.05, 0) is 18.2 Å². The molecule has 1 aromatic rings. The summed E-state index contributed by atoms with van der Waals surface area (Å²) in [4.78, 5) is 22.0. The van der Waals surface area contributed by atoms with Crippen LogP contribution in [0.4, 0.5) is 0 Å². The van der Waals surface area contributed by atoms with Gasteiger partial charge in [0.05, 0.1) is 14.2 Å². The molecule has 0 saturated carbocycles. The van der Waals surface area contributed by atoms with Gasteiger partial charge in [-0.25, -0.2) is 4.79 Å². The highest BCUT2D eigenvalue weighted by atomic mass is 16.5. The minimum atomic E-state index is -1.08. The van der Waals surface area contributed by atoms with Gasteiger partial charge in [0, 0.05) is 11.6 Å². The molecule has 0 bridgehead atoms. The molecule has 0 aliphatic carbocycles. The molecule has 0 heterocycles. The van der Waals surface area contributed by atoms with E-state index in [-0.39, 0.29) is 17.1 Å². The number of aliphatic hydroxyl groups excluding tert-OH is 1. The highest BCUT2D eigenvalue weighted by Crippen LogP contribution is 2.28. The Bertz CT molecular complexity index is 503. The van der Waals surface area contributed by atoms with Gasteiger partial charge in [-0.1, -0.05) is 0 Å². The van der Waals surface area contributed by atoms with Crippen LogP contribution >= 0.6 is 0 Å². The summed E-state index contributed by atoms with van der Waals surface area (Å²) in [6, 6.07) is 4.04. The molecule has 0 fully saturated rings. The smallest absolute Gasteiger partial charge is 0.378 e. The van der Waals surface area contributed by atoms with E-state index in [9.17, 15) is 19.8 Å². The zero-order valence-electron chi connectivity index (χ0n) is 9.84. The van der Waals surface area contributed by atoms with E-state index in [0.29, 0.717) is 6.08 Å². The molecule has 96 valence electrons. The topological polar surface area (TPSA) is 93.1 Å². The van der Waals surface area contributed by atoms with Crippen molar-refractivity contribution in [1.29, 1.82) is 0 Å². The molecule has 0 unspecified atom stereocenters. The quantitative estimate of drug-likeness (QED) is 0.360. The van der Waals surface area contributed by atoms with Gasteiger partial charge >= 0.3 is 5.97 Å². The number of benzene rings is 1. The molecular weight excluding hydrogens is 240 g/mol. The molecular formula is C12H12O6. The number of methoxy groups -OCH3 is 2. The summed E-state index contributed by atoms with van der Waals surface area (Å²) in [5.41, 5.74) is 0.172. The Morgan fingerprint density at radius 1 is 1.28 bits per heavy atom. The minimum Gasteiger partial charge on any atom is -0.507 e. The van der Waals surface area contributed by atoms with E-state index in [4.69, 9.17) is 4.74 Å². The molecule has 6 heteroatoms. The molecule has 0 aromatic heterocycles. The number of ether oxygens (including phenoxy) is 2. The summed E-state index contributed by atoms with van der Waals surface area (Å²) >= 11 is 0. The van der Waals surface area contributed by atoms with Gasteiger partial charge in [0.1, 0.15) is 5.76 Å². The van der Waals surface area contributed by atoms with Crippen LogP contribution in [0.1, 0.15) is 5.56 Å². The lowest BCUT2D eigenvalue weighted by Crippen LogP contribution is -2.13. The summed E-state index contributed by atoms with van der Waals surface area (Å²) in [5, 5.41) is 19.1. The van der Waals surface area contributed by atoms with E-state index >= 15 is 0 Å². The Hall–Kier alpha value is -2.50. The predicted molar refractivity (Wildman–Crippen MR) is 62.3 cm³/mol. The van der Waals surface area contributed by atoms with Gasteiger partial charge in [0.15, 0.2) is 11.5 Å². The number of carbonyl (C=O) groups excluding carboxylic acids is 2. The lowest BCUT2D eigenvalue weighted by atomic mass is 10.1. The van der Waals surface area contributed by atoms with E-state index in [1.807, 2.05) is 0 Å². The second-order valence-corrected chi connectivity index (χ2v) is 3.27. The van der Waals surface area contributed by atoms with Crippen LogP contribution in [0.5, 0.6) is 11.5 Å². The molecule has 1 aromatic carbocycles. The van der Waals surface area contributed by atoms with Crippen LogP contribution in [0.25, 0.3) is 5.76 Å². The van der Waals surface area contributed by atoms with Crippen LogP contribution < -0.4 is 4.74 Å². The van der Waals surface area contributed by atoms with Crippen molar-refractivity contribution in [3.05, 3.63) is 29.8 Å². The molecule has 0 spiro atoms. The highest BCUT2D eigenvalue weighted by Gasteiger charge is 2.13. The Morgan fingerprint density at radius 3 is 2.44 bits per heavy atom. The van der Waals surface area contributed by atoms with E-state index in [1.165, 1.54) is 25.3 Å². The van der Waals surface area contributed by atoms with Crippen LogP contribution in [0.3, 0.4) is 0 Å². The molecule has 18 heavy (non-hydrogen) atoms. The highest BCUT2D eigenvalue weighted by molar-refractivity contribution is 6.39. The van der Waals surface area contributed by atoms with Gasteiger partial charge in [0.25, 0.3) is 5.78 Å². The van der Waals surface area contributed by atoms with Crippen molar-refractivity contribution in [2.75, 3.05) is 14.2 Å². The van der Waals surface area contributed by atoms with Crippen molar-refractivity contribution >= 4 is 17.5 Å². The molecule has 0 saturated heterocycles.